The Labute approximate surface area is 126 Å². The molecule has 0 aromatic carbocycles. The van der Waals surface area contributed by atoms with Crippen LogP contribution in [-0.4, -0.2) is 49.8 Å². The van der Waals surface area contributed by atoms with E-state index in [2.05, 4.69) is 9.47 Å². The highest BCUT2D eigenvalue weighted by Gasteiger charge is 2.33. The van der Waals surface area contributed by atoms with Crippen LogP contribution in [0.25, 0.3) is 0 Å². The number of esters is 2. The summed E-state index contributed by atoms with van der Waals surface area (Å²) >= 11 is 2.04. The van der Waals surface area contributed by atoms with Crippen LogP contribution in [0.4, 0.5) is 0 Å². The number of halogens is 1. The predicted octanol–water partition coefficient (Wildman–Crippen LogP) is 0.226. The van der Waals surface area contributed by atoms with Crippen LogP contribution in [0, 0.1) is 0 Å². The van der Waals surface area contributed by atoms with E-state index < -0.39 is 28.0 Å². The minimum Gasteiger partial charge on any atom is -0.464 e. The van der Waals surface area contributed by atoms with E-state index in [4.69, 9.17) is 0 Å². The maximum atomic E-state index is 11.7. The molecule has 0 aliphatic carbocycles. The Morgan fingerprint density at radius 2 is 1.63 bits per heavy atom. The first-order valence-corrected chi connectivity index (χ1v) is 8.95. The highest BCUT2D eigenvalue weighted by atomic mass is 127. The summed E-state index contributed by atoms with van der Waals surface area (Å²) in [6.45, 7) is 3.21. The van der Waals surface area contributed by atoms with E-state index in [1.165, 1.54) is 0 Å². The van der Waals surface area contributed by atoms with E-state index in [9.17, 15) is 18.0 Å². The first-order chi connectivity index (χ1) is 8.87. The zero-order valence-corrected chi connectivity index (χ0v) is 13.8. The lowest BCUT2D eigenvalue weighted by Crippen LogP contribution is -2.48. The van der Waals surface area contributed by atoms with Gasteiger partial charge in [-0.2, -0.15) is 4.72 Å². The fourth-order valence-corrected chi connectivity index (χ4v) is 3.22. The van der Waals surface area contributed by atoms with Gasteiger partial charge in [0.1, 0.15) is 0 Å². The second-order valence-corrected chi connectivity index (χ2v) is 6.37. The fraction of sp³-hybridized carbons (Fsp3) is 0.800. The zero-order valence-electron chi connectivity index (χ0n) is 10.8. The van der Waals surface area contributed by atoms with Gasteiger partial charge < -0.3 is 9.47 Å². The summed E-state index contributed by atoms with van der Waals surface area (Å²) in [5.41, 5.74) is 0. The van der Waals surface area contributed by atoms with E-state index >= 15 is 0 Å². The molecule has 0 rings (SSSR count). The maximum absolute atomic E-state index is 11.7. The van der Waals surface area contributed by atoms with E-state index in [0.717, 1.165) is 0 Å². The summed E-state index contributed by atoms with van der Waals surface area (Å²) in [5, 5.41) is 0. The second-order valence-electron chi connectivity index (χ2n) is 3.42. The summed E-state index contributed by atoms with van der Waals surface area (Å²) in [6, 6.07) is -1.64. The molecule has 0 saturated carbocycles. The average molecular weight is 407 g/mol. The molecule has 0 aromatic rings. The van der Waals surface area contributed by atoms with Crippen molar-refractivity contribution in [1.29, 1.82) is 0 Å². The van der Waals surface area contributed by atoms with E-state index in [-0.39, 0.29) is 19.0 Å². The summed E-state index contributed by atoms with van der Waals surface area (Å²) in [4.78, 5) is 23.1. The number of nitrogens with one attached hydrogen (secondary N) is 1. The molecule has 0 bridgehead atoms. The maximum Gasteiger partial charge on any atom is 0.335 e. The molecule has 0 aliphatic heterocycles. The van der Waals surface area contributed by atoms with Gasteiger partial charge in [0, 0.05) is 4.43 Å². The fourth-order valence-electron chi connectivity index (χ4n) is 1.13. The van der Waals surface area contributed by atoms with Gasteiger partial charge in [-0.3, -0.25) is 0 Å². The molecule has 0 saturated heterocycles. The molecule has 19 heavy (non-hydrogen) atoms. The molecule has 0 amide bonds. The molecule has 7 nitrogen and oxygen atoms in total. The van der Waals surface area contributed by atoms with Crippen molar-refractivity contribution in [3.63, 3.8) is 0 Å². The quantitative estimate of drug-likeness (QED) is 0.254. The Morgan fingerprint density at radius 1 is 1.16 bits per heavy atom. The third kappa shape index (κ3) is 7.67. The lowest BCUT2D eigenvalue weighted by atomic mass is 10.3. The Kier molecular flexibility index (Phi) is 9.27. The molecule has 112 valence electrons. The highest BCUT2D eigenvalue weighted by Crippen LogP contribution is 2.00. The molecule has 9 heteroatoms. The van der Waals surface area contributed by atoms with Gasteiger partial charge in [-0.05, 0) is 20.3 Å². The van der Waals surface area contributed by atoms with Gasteiger partial charge in [0.15, 0.2) is 0 Å². The van der Waals surface area contributed by atoms with Gasteiger partial charge in [0.2, 0.25) is 16.1 Å². The van der Waals surface area contributed by atoms with Crippen LogP contribution in [0.3, 0.4) is 0 Å². The minimum absolute atomic E-state index is 0.0458. The van der Waals surface area contributed by atoms with Crippen LogP contribution >= 0.6 is 22.6 Å². The molecule has 0 atom stereocenters. The van der Waals surface area contributed by atoms with E-state index in [1.54, 1.807) is 13.8 Å². The Balaban J connectivity index is 4.84. The summed E-state index contributed by atoms with van der Waals surface area (Å²) in [7, 11) is -3.73. The van der Waals surface area contributed by atoms with Gasteiger partial charge in [-0.15, -0.1) is 0 Å². The SMILES string of the molecule is CCOC(=O)C(NS(=O)(=O)CCCI)C(=O)OCC. The monoisotopic (exact) mass is 407 g/mol. The Morgan fingerprint density at radius 3 is 2.00 bits per heavy atom. The molecule has 0 fully saturated rings. The number of rotatable bonds is 9. The first-order valence-electron chi connectivity index (χ1n) is 5.77. The van der Waals surface area contributed by atoms with Gasteiger partial charge in [0.25, 0.3) is 0 Å². The average Bonchev–Trinajstić information content (AvgIpc) is 2.34. The van der Waals surface area contributed by atoms with E-state index in [0.29, 0.717) is 10.8 Å². The molecule has 0 unspecified atom stereocenters. The molecule has 0 aliphatic rings. The van der Waals surface area contributed by atoms with Crippen LogP contribution in [0.2, 0.25) is 0 Å². The van der Waals surface area contributed by atoms with Crippen molar-refractivity contribution in [2.45, 2.75) is 26.3 Å². The van der Waals surface area contributed by atoms with Gasteiger partial charge in [-0.25, -0.2) is 18.0 Å². The number of ether oxygens (including phenoxy) is 2. The van der Waals surface area contributed by atoms with Crippen molar-refractivity contribution in [2.75, 3.05) is 23.4 Å². The summed E-state index contributed by atoms with van der Waals surface area (Å²) < 4.78 is 35.4. The van der Waals surface area contributed by atoms with Crippen LogP contribution in [0.15, 0.2) is 0 Å². The second kappa shape index (κ2) is 9.48. The molecule has 0 radical (unpaired) electrons. The normalized spacial score (nSPS) is 11.4. The summed E-state index contributed by atoms with van der Waals surface area (Å²) in [5.74, 6) is -2.08. The van der Waals surface area contributed by atoms with Crippen LogP contribution in [0.5, 0.6) is 0 Å². The smallest absolute Gasteiger partial charge is 0.335 e. The Bertz CT molecular complexity index is 379. The van der Waals surface area contributed by atoms with Crippen molar-refractivity contribution in [3.8, 4) is 0 Å². The van der Waals surface area contributed by atoms with Crippen molar-refractivity contribution < 1.29 is 27.5 Å². The predicted molar refractivity (Wildman–Crippen MR) is 77.5 cm³/mol. The van der Waals surface area contributed by atoms with Crippen LogP contribution in [-0.2, 0) is 29.1 Å². The van der Waals surface area contributed by atoms with Crippen molar-refractivity contribution >= 4 is 44.6 Å². The van der Waals surface area contributed by atoms with Gasteiger partial charge in [0.05, 0.1) is 19.0 Å². The summed E-state index contributed by atoms with van der Waals surface area (Å²) in [6.07, 6.45) is 0.425. The minimum atomic E-state index is -3.73. The van der Waals surface area contributed by atoms with Crippen molar-refractivity contribution in [3.05, 3.63) is 0 Å². The van der Waals surface area contributed by atoms with Gasteiger partial charge >= 0.3 is 11.9 Å². The largest absolute Gasteiger partial charge is 0.464 e. The third-order valence-electron chi connectivity index (χ3n) is 1.89. The van der Waals surface area contributed by atoms with Crippen LogP contribution < -0.4 is 4.72 Å². The number of hydrogen-bond acceptors (Lipinski definition) is 6. The van der Waals surface area contributed by atoms with Crippen LogP contribution in [0.1, 0.15) is 20.3 Å². The number of carbonyl (C=O) groups excluding carboxylic acids is 2. The zero-order chi connectivity index (χ0) is 14.9. The molecular weight excluding hydrogens is 389 g/mol. The molecule has 0 heterocycles. The number of carbonyl (C=O) groups is 2. The number of alkyl halides is 1. The molecule has 0 aromatic heterocycles. The van der Waals surface area contributed by atoms with E-state index in [1.807, 2.05) is 27.3 Å². The molecule has 1 N–H and O–H groups in total. The molecular formula is C10H18INO6S. The molecule has 0 spiro atoms. The van der Waals surface area contributed by atoms with Crippen molar-refractivity contribution in [2.24, 2.45) is 0 Å². The third-order valence-corrected chi connectivity index (χ3v) is 4.07. The van der Waals surface area contributed by atoms with Crippen molar-refractivity contribution in [1.82, 2.24) is 4.72 Å². The number of hydrogen-bond donors (Lipinski definition) is 1. The van der Waals surface area contributed by atoms with Gasteiger partial charge in [-0.1, -0.05) is 22.6 Å². The Hall–Kier alpha value is -0.420. The highest BCUT2D eigenvalue weighted by molar-refractivity contribution is 14.1. The lowest BCUT2D eigenvalue weighted by Gasteiger charge is -2.15. The first kappa shape index (κ1) is 18.6. The standard InChI is InChI=1S/C10H18INO6S/c1-3-17-9(13)8(10(14)18-4-2)12-19(15,16)7-5-6-11/h8,12H,3-7H2,1-2H3. The lowest BCUT2D eigenvalue weighted by molar-refractivity contribution is -0.157. The topological polar surface area (TPSA) is 98.8 Å². The number of sulfonamides is 1.